The summed E-state index contributed by atoms with van der Waals surface area (Å²) >= 11 is 0. The molecule has 0 radical (unpaired) electrons. The highest BCUT2D eigenvalue weighted by atomic mass is 127. The van der Waals surface area contributed by atoms with Gasteiger partial charge >= 0.3 is 0 Å². The van der Waals surface area contributed by atoms with E-state index in [4.69, 9.17) is 4.74 Å². The first-order valence-electron chi connectivity index (χ1n) is 9.89. The van der Waals surface area contributed by atoms with Crippen molar-refractivity contribution in [3.05, 3.63) is 42.0 Å². The molecular weight excluding hydrogens is 451 g/mol. The average molecular weight is 482 g/mol. The molecule has 3 aliphatic heterocycles. The zero-order valence-corrected chi connectivity index (χ0v) is 18.5. The van der Waals surface area contributed by atoms with Gasteiger partial charge in [-0.05, 0) is 36.9 Å². The lowest BCUT2D eigenvalue weighted by Gasteiger charge is -2.36. The first kappa shape index (κ1) is 20.6. The molecule has 0 saturated carbocycles. The SMILES string of the molecule is CN=C(NCC1CN2CCCC2CO1)N1CC=C(c2ccccc2)CC1.I. The van der Waals surface area contributed by atoms with Crippen LogP contribution in [-0.4, -0.2) is 74.3 Å². The molecule has 1 aromatic rings. The van der Waals surface area contributed by atoms with Crippen LogP contribution in [0.1, 0.15) is 24.8 Å². The Morgan fingerprint density at radius 2 is 2.11 bits per heavy atom. The van der Waals surface area contributed by atoms with Crippen LogP contribution in [0, 0.1) is 0 Å². The van der Waals surface area contributed by atoms with Crippen molar-refractivity contribution in [2.75, 3.05) is 46.4 Å². The standard InChI is InChI=1S/C21H30N4O.HI/c1-22-21(23-14-20-15-25-11-5-8-19(25)16-26-20)24-12-9-18(10-13-24)17-6-3-2-4-7-17;/h2-4,6-7,9,19-20H,5,8,10-16H2,1H3,(H,22,23);1H. The lowest BCUT2D eigenvalue weighted by molar-refractivity contribution is -0.0454. The summed E-state index contributed by atoms with van der Waals surface area (Å²) in [5.41, 5.74) is 2.78. The predicted molar refractivity (Wildman–Crippen MR) is 122 cm³/mol. The molecule has 148 valence electrons. The maximum atomic E-state index is 6.06. The van der Waals surface area contributed by atoms with Crippen molar-refractivity contribution < 1.29 is 4.74 Å². The minimum Gasteiger partial charge on any atom is -0.373 e. The van der Waals surface area contributed by atoms with E-state index in [0.717, 1.165) is 45.2 Å². The summed E-state index contributed by atoms with van der Waals surface area (Å²) in [7, 11) is 1.87. The van der Waals surface area contributed by atoms with Gasteiger partial charge in [0.05, 0.1) is 12.7 Å². The molecule has 3 heterocycles. The van der Waals surface area contributed by atoms with Crippen LogP contribution in [0.4, 0.5) is 0 Å². The van der Waals surface area contributed by atoms with Crippen molar-refractivity contribution >= 4 is 35.5 Å². The molecule has 0 bridgehead atoms. The lowest BCUT2D eigenvalue weighted by atomic mass is 10.00. The third-order valence-electron chi connectivity index (χ3n) is 5.81. The van der Waals surface area contributed by atoms with Gasteiger partial charge in [0.2, 0.25) is 0 Å². The van der Waals surface area contributed by atoms with E-state index < -0.39 is 0 Å². The fourth-order valence-corrected chi connectivity index (χ4v) is 4.32. The van der Waals surface area contributed by atoms with Gasteiger partial charge in [0.1, 0.15) is 0 Å². The molecule has 0 spiro atoms. The fraction of sp³-hybridized carbons (Fsp3) is 0.571. The van der Waals surface area contributed by atoms with Crippen molar-refractivity contribution in [2.24, 2.45) is 4.99 Å². The maximum absolute atomic E-state index is 6.06. The zero-order chi connectivity index (χ0) is 17.8. The molecule has 4 rings (SSSR count). The van der Waals surface area contributed by atoms with Crippen molar-refractivity contribution in [3.8, 4) is 0 Å². The maximum Gasteiger partial charge on any atom is 0.194 e. The number of nitrogens with zero attached hydrogens (tertiary/aromatic N) is 3. The summed E-state index contributed by atoms with van der Waals surface area (Å²) in [6, 6.07) is 11.3. The van der Waals surface area contributed by atoms with E-state index >= 15 is 0 Å². The highest BCUT2D eigenvalue weighted by Gasteiger charge is 2.32. The molecule has 1 N–H and O–H groups in total. The van der Waals surface area contributed by atoms with Crippen LogP contribution in [0.25, 0.3) is 5.57 Å². The van der Waals surface area contributed by atoms with Crippen molar-refractivity contribution in [1.82, 2.24) is 15.1 Å². The van der Waals surface area contributed by atoms with Gasteiger partial charge in [-0.25, -0.2) is 0 Å². The Labute approximate surface area is 179 Å². The monoisotopic (exact) mass is 482 g/mol. The van der Waals surface area contributed by atoms with Crippen LogP contribution in [-0.2, 0) is 4.74 Å². The highest BCUT2D eigenvalue weighted by molar-refractivity contribution is 14.0. The van der Waals surface area contributed by atoms with Crippen LogP contribution >= 0.6 is 24.0 Å². The van der Waals surface area contributed by atoms with Gasteiger partial charge in [0, 0.05) is 39.3 Å². The Balaban J connectivity index is 0.00000210. The van der Waals surface area contributed by atoms with E-state index in [9.17, 15) is 0 Å². The van der Waals surface area contributed by atoms with E-state index in [2.05, 4.69) is 56.5 Å². The number of hydrogen-bond donors (Lipinski definition) is 1. The molecule has 5 nitrogen and oxygen atoms in total. The molecule has 1 aromatic carbocycles. The fourth-order valence-electron chi connectivity index (χ4n) is 4.32. The summed E-state index contributed by atoms with van der Waals surface area (Å²) in [5, 5.41) is 3.54. The minimum absolute atomic E-state index is 0. The first-order chi connectivity index (χ1) is 12.8. The summed E-state index contributed by atoms with van der Waals surface area (Å²) in [4.78, 5) is 9.41. The van der Waals surface area contributed by atoms with Crippen LogP contribution in [0.3, 0.4) is 0 Å². The zero-order valence-electron chi connectivity index (χ0n) is 16.1. The molecule has 0 aliphatic carbocycles. The number of benzene rings is 1. The predicted octanol–water partition coefficient (Wildman–Crippen LogP) is 2.83. The largest absolute Gasteiger partial charge is 0.373 e. The second kappa shape index (κ2) is 9.89. The number of hydrogen-bond acceptors (Lipinski definition) is 3. The quantitative estimate of drug-likeness (QED) is 0.409. The molecule has 0 aromatic heterocycles. The molecule has 2 fully saturated rings. The second-order valence-corrected chi connectivity index (χ2v) is 7.47. The third kappa shape index (κ3) is 5.03. The Morgan fingerprint density at radius 1 is 1.26 bits per heavy atom. The highest BCUT2D eigenvalue weighted by Crippen LogP contribution is 2.23. The normalized spacial score (nSPS) is 26.2. The molecule has 6 heteroatoms. The van der Waals surface area contributed by atoms with Crippen LogP contribution < -0.4 is 5.32 Å². The van der Waals surface area contributed by atoms with Gasteiger partial charge in [-0.2, -0.15) is 0 Å². The van der Waals surface area contributed by atoms with Crippen molar-refractivity contribution in [2.45, 2.75) is 31.4 Å². The van der Waals surface area contributed by atoms with Crippen molar-refractivity contribution in [3.63, 3.8) is 0 Å². The number of morpholine rings is 1. The Bertz CT molecular complexity index is 663. The average Bonchev–Trinajstić information content (AvgIpc) is 3.17. The molecule has 0 amide bonds. The number of guanidine groups is 1. The minimum atomic E-state index is 0. The summed E-state index contributed by atoms with van der Waals surface area (Å²) in [6.45, 7) is 5.91. The summed E-state index contributed by atoms with van der Waals surface area (Å²) < 4.78 is 6.06. The number of aliphatic imine (C=N–C) groups is 1. The third-order valence-corrected chi connectivity index (χ3v) is 5.81. The van der Waals surface area contributed by atoms with Gasteiger partial charge < -0.3 is 15.0 Å². The number of rotatable bonds is 3. The lowest BCUT2D eigenvalue weighted by Crippen LogP contribution is -2.52. The number of fused-ring (bicyclic) bond motifs is 1. The Morgan fingerprint density at radius 3 is 2.85 bits per heavy atom. The number of halogens is 1. The summed E-state index contributed by atoms with van der Waals surface area (Å²) in [6.07, 6.45) is 6.27. The molecule has 27 heavy (non-hydrogen) atoms. The first-order valence-corrected chi connectivity index (χ1v) is 9.89. The van der Waals surface area contributed by atoms with E-state index in [1.807, 2.05) is 7.05 Å². The Kier molecular flexibility index (Phi) is 7.55. The van der Waals surface area contributed by atoms with Crippen LogP contribution in [0.15, 0.2) is 41.4 Å². The van der Waals surface area contributed by atoms with E-state index in [0.29, 0.717) is 6.04 Å². The van der Waals surface area contributed by atoms with Crippen molar-refractivity contribution in [1.29, 1.82) is 0 Å². The van der Waals surface area contributed by atoms with Crippen LogP contribution in [0.5, 0.6) is 0 Å². The van der Waals surface area contributed by atoms with E-state index in [1.54, 1.807) is 0 Å². The Hall–Kier alpha value is -1.12. The van der Waals surface area contributed by atoms with Gasteiger partial charge in [-0.3, -0.25) is 9.89 Å². The van der Waals surface area contributed by atoms with Crippen LogP contribution in [0.2, 0.25) is 0 Å². The molecular formula is C21H31IN4O. The van der Waals surface area contributed by atoms with Gasteiger partial charge in [-0.15, -0.1) is 24.0 Å². The van der Waals surface area contributed by atoms with E-state index in [-0.39, 0.29) is 30.1 Å². The smallest absolute Gasteiger partial charge is 0.194 e. The number of nitrogens with one attached hydrogen (secondary N) is 1. The molecule has 2 saturated heterocycles. The number of ether oxygens (including phenoxy) is 1. The van der Waals surface area contributed by atoms with Gasteiger partial charge in [-0.1, -0.05) is 36.4 Å². The topological polar surface area (TPSA) is 40.1 Å². The van der Waals surface area contributed by atoms with Gasteiger partial charge in [0.15, 0.2) is 5.96 Å². The second-order valence-electron chi connectivity index (χ2n) is 7.47. The van der Waals surface area contributed by atoms with Gasteiger partial charge in [0.25, 0.3) is 0 Å². The molecule has 3 aliphatic rings. The molecule has 2 atom stereocenters. The molecule has 2 unspecified atom stereocenters. The van der Waals surface area contributed by atoms with E-state index in [1.165, 1.54) is 30.5 Å². The summed E-state index contributed by atoms with van der Waals surface area (Å²) in [5.74, 6) is 0.987.